The highest BCUT2D eigenvalue weighted by molar-refractivity contribution is 6.32. The van der Waals surface area contributed by atoms with Crippen LogP contribution in [0.4, 0.5) is 0 Å². The van der Waals surface area contributed by atoms with Crippen LogP contribution in [0.3, 0.4) is 0 Å². The summed E-state index contributed by atoms with van der Waals surface area (Å²) in [6, 6.07) is 5.68. The Hall–Kier alpha value is -1.18. The molecule has 0 spiro atoms. The SMILES string of the molecule is CC(C)C(C)(C)[Si]OCc1ccnc(C#N)c1. The predicted octanol–water partition coefficient (Wildman–Crippen LogP) is 2.94. The Balaban J connectivity index is 2.49. The summed E-state index contributed by atoms with van der Waals surface area (Å²) < 4.78 is 5.74. The van der Waals surface area contributed by atoms with Gasteiger partial charge in [-0.05, 0) is 28.7 Å². The lowest BCUT2D eigenvalue weighted by molar-refractivity contribution is 0.291. The van der Waals surface area contributed by atoms with E-state index in [-0.39, 0.29) is 5.04 Å². The molecule has 1 aromatic heterocycles. The summed E-state index contributed by atoms with van der Waals surface area (Å²) in [5.41, 5.74) is 1.45. The summed E-state index contributed by atoms with van der Waals surface area (Å²) in [7, 11) is 0.459. The Morgan fingerprint density at radius 1 is 1.53 bits per heavy atom. The lowest BCUT2D eigenvalue weighted by Crippen LogP contribution is -2.22. The third kappa shape index (κ3) is 4.29. The van der Waals surface area contributed by atoms with Crippen molar-refractivity contribution in [2.75, 3.05) is 0 Å². The number of hydrogen-bond donors (Lipinski definition) is 0. The van der Waals surface area contributed by atoms with Crippen molar-refractivity contribution in [3.05, 3.63) is 29.6 Å². The molecule has 0 bridgehead atoms. The topological polar surface area (TPSA) is 45.9 Å². The molecule has 0 saturated carbocycles. The quantitative estimate of drug-likeness (QED) is 0.750. The largest absolute Gasteiger partial charge is 0.413 e. The monoisotopic (exact) mass is 246 g/mol. The highest BCUT2D eigenvalue weighted by Gasteiger charge is 2.24. The lowest BCUT2D eigenvalue weighted by atomic mass is 9.99. The van der Waals surface area contributed by atoms with E-state index in [1.54, 1.807) is 12.3 Å². The molecule has 1 aromatic rings. The zero-order valence-electron chi connectivity index (χ0n) is 10.8. The standard InChI is InChI=1S/C13H18N2OSi/c1-10(2)13(3,4)17-16-9-11-5-6-15-12(7-11)8-14/h5-7,10H,9H2,1-4H3. The second-order valence-electron chi connectivity index (χ2n) is 4.93. The highest BCUT2D eigenvalue weighted by atomic mass is 28.2. The smallest absolute Gasteiger partial charge is 0.236 e. The fourth-order valence-corrected chi connectivity index (χ4v) is 1.90. The molecular weight excluding hydrogens is 228 g/mol. The van der Waals surface area contributed by atoms with Gasteiger partial charge in [0, 0.05) is 6.20 Å². The zero-order valence-corrected chi connectivity index (χ0v) is 11.8. The van der Waals surface area contributed by atoms with Gasteiger partial charge in [-0.1, -0.05) is 27.7 Å². The molecule has 0 N–H and O–H groups in total. The first-order chi connectivity index (χ1) is 7.95. The first-order valence-corrected chi connectivity index (χ1v) is 6.60. The van der Waals surface area contributed by atoms with E-state index in [0.29, 0.717) is 28.0 Å². The molecule has 1 rings (SSSR count). The molecule has 0 atom stereocenters. The third-order valence-electron chi connectivity index (χ3n) is 2.96. The average Bonchev–Trinajstić information content (AvgIpc) is 2.29. The minimum atomic E-state index is 0.199. The van der Waals surface area contributed by atoms with Crippen LogP contribution in [0.15, 0.2) is 18.3 Å². The van der Waals surface area contributed by atoms with E-state index in [0.717, 1.165) is 5.56 Å². The third-order valence-corrected chi connectivity index (χ3v) is 4.35. The summed E-state index contributed by atoms with van der Waals surface area (Å²) in [4.78, 5) is 3.93. The van der Waals surface area contributed by atoms with Crippen LogP contribution in [-0.4, -0.2) is 14.7 Å². The van der Waals surface area contributed by atoms with E-state index in [1.165, 1.54) is 0 Å². The fraction of sp³-hybridized carbons (Fsp3) is 0.538. The molecule has 4 heteroatoms. The molecule has 0 aromatic carbocycles. The molecule has 0 unspecified atom stereocenters. The van der Waals surface area contributed by atoms with E-state index >= 15 is 0 Å². The zero-order chi connectivity index (χ0) is 12.9. The first-order valence-electron chi connectivity index (χ1n) is 5.69. The minimum absolute atomic E-state index is 0.199. The second kappa shape index (κ2) is 5.94. The Morgan fingerprint density at radius 2 is 2.24 bits per heavy atom. The summed E-state index contributed by atoms with van der Waals surface area (Å²) >= 11 is 0. The van der Waals surface area contributed by atoms with Gasteiger partial charge in [-0.2, -0.15) is 5.26 Å². The van der Waals surface area contributed by atoms with Gasteiger partial charge >= 0.3 is 0 Å². The first kappa shape index (κ1) is 13.9. The number of hydrogen-bond acceptors (Lipinski definition) is 3. The van der Waals surface area contributed by atoms with E-state index in [1.807, 2.05) is 12.1 Å². The normalized spacial score (nSPS) is 11.5. The van der Waals surface area contributed by atoms with E-state index < -0.39 is 0 Å². The Morgan fingerprint density at radius 3 is 2.82 bits per heavy atom. The molecular formula is C13H18N2OSi. The van der Waals surface area contributed by atoms with Gasteiger partial charge < -0.3 is 4.43 Å². The highest BCUT2D eigenvalue weighted by Crippen LogP contribution is 2.32. The van der Waals surface area contributed by atoms with Crippen LogP contribution >= 0.6 is 0 Å². The van der Waals surface area contributed by atoms with Crippen LogP contribution in [-0.2, 0) is 11.0 Å². The molecule has 0 aliphatic carbocycles. The maximum Gasteiger partial charge on any atom is 0.236 e. The van der Waals surface area contributed by atoms with Gasteiger partial charge in [0.05, 0.1) is 6.61 Å². The van der Waals surface area contributed by atoms with Crippen molar-refractivity contribution in [3.63, 3.8) is 0 Å². The van der Waals surface area contributed by atoms with Crippen LogP contribution < -0.4 is 0 Å². The molecule has 0 amide bonds. The maximum atomic E-state index is 8.74. The molecule has 0 fully saturated rings. The van der Waals surface area contributed by atoms with Crippen LogP contribution in [0.2, 0.25) is 5.04 Å². The van der Waals surface area contributed by atoms with Gasteiger partial charge in [-0.3, -0.25) is 0 Å². The Kier molecular flexibility index (Phi) is 4.85. The van der Waals surface area contributed by atoms with Crippen LogP contribution in [0.5, 0.6) is 0 Å². The summed E-state index contributed by atoms with van der Waals surface area (Å²) in [6.45, 7) is 9.38. The van der Waals surface area contributed by atoms with Gasteiger partial charge in [0.15, 0.2) is 0 Å². The lowest BCUT2D eigenvalue weighted by Gasteiger charge is -2.27. The number of aromatic nitrogens is 1. The van der Waals surface area contributed by atoms with Crippen LogP contribution in [0.25, 0.3) is 0 Å². The van der Waals surface area contributed by atoms with Crippen molar-refractivity contribution in [1.29, 1.82) is 5.26 Å². The summed E-state index contributed by atoms with van der Waals surface area (Å²) in [5, 5.41) is 8.94. The van der Waals surface area contributed by atoms with E-state index in [4.69, 9.17) is 9.69 Å². The van der Waals surface area contributed by atoms with Gasteiger partial charge in [-0.25, -0.2) is 4.98 Å². The number of rotatable bonds is 5. The van der Waals surface area contributed by atoms with Gasteiger partial charge in [0.2, 0.25) is 9.76 Å². The Labute approximate surface area is 106 Å². The molecule has 0 saturated heterocycles. The molecule has 0 aliphatic rings. The van der Waals surface area contributed by atoms with Gasteiger partial charge in [-0.15, -0.1) is 0 Å². The van der Waals surface area contributed by atoms with Crippen LogP contribution in [0, 0.1) is 17.2 Å². The van der Waals surface area contributed by atoms with Crippen molar-refractivity contribution in [1.82, 2.24) is 4.98 Å². The van der Waals surface area contributed by atoms with Crippen LogP contribution in [0.1, 0.15) is 39.0 Å². The number of pyridine rings is 1. The van der Waals surface area contributed by atoms with Crippen molar-refractivity contribution in [2.24, 2.45) is 5.92 Å². The van der Waals surface area contributed by atoms with E-state index in [9.17, 15) is 0 Å². The maximum absolute atomic E-state index is 8.74. The minimum Gasteiger partial charge on any atom is -0.413 e. The molecule has 1 heterocycles. The molecule has 3 nitrogen and oxygen atoms in total. The average molecular weight is 246 g/mol. The molecule has 2 radical (unpaired) electrons. The van der Waals surface area contributed by atoms with E-state index in [2.05, 4.69) is 32.7 Å². The molecule has 0 aliphatic heterocycles. The van der Waals surface area contributed by atoms with Gasteiger partial charge in [0.1, 0.15) is 11.8 Å². The Bertz CT molecular complexity index is 410. The summed E-state index contributed by atoms with van der Waals surface area (Å²) in [5.74, 6) is 0.591. The predicted molar refractivity (Wildman–Crippen MR) is 68.4 cm³/mol. The van der Waals surface area contributed by atoms with Crippen molar-refractivity contribution >= 4 is 9.76 Å². The van der Waals surface area contributed by atoms with Gasteiger partial charge in [0.25, 0.3) is 0 Å². The fourth-order valence-electron chi connectivity index (χ4n) is 1.05. The van der Waals surface area contributed by atoms with Crippen molar-refractivity contribution in [3.8, 4) is 6.07 Å². The molecule has 17 heavy (non-hydrogen) atoms. The molecule has 90 valence electrons. The summed E-state index contributed by atoms with van der Waals surface area (Å²) in [6.07, 6.45) is 1.65. The number of nitrogens with zero attached hydrogens (tertiary/aromatic N) is 2. The van der Waals surface area contributed by atoms with Crippen molar-refractivity contribution in [2.45, 2.75) is 39.3 Å². The van der Waals surface area contributed by atoms with Crippen molar-refractivity contribution < 1.29 is 4.43 Å². The second-order valence-corrected chi connectivity index (χ2v) is 6.71. The number of nitriles is 1.